The Morgan fingerprint density at radius 3 is 2.61 bits per heavy atom. The van der Waals surface area contributed by atoms with Gasteiger partial charge in [0.2, 0.25) is 5.91 Å². The van der Waals surface area contributed by atoms with E-state index in [1.807, 2.05) is 30.3 Å². The van der Waals surface area contributed by atoms with Crippen LogP contribution in [0, 0.1) is 5.92 Å². The number of likely N-dealkylation sites (tertiary alicyclic amines) is 1. The summed E-state index contributed by atoms with van der Waals surface area (Å²) in [4.78, 5) is 29.1. The molecular weight excluding hydrogens is 354 g/mol. The van der Waals surface area contributed by atoms with E-state index in [9.17, 15) is 14.7 Å². The minimum Gasteiger partial charge on any atom is -0.465 e. The molecule has 3 aromatic rings. The summed E-state index contributed by atoms with van der Waals surface area (Å²) in [5.41, 5.74) is 7.89. The van der Waals surface area contributed by atoms with Gasteiger partial charge in [-0.2, -0.15) is 0 Å². The highest BCUT2D eigenvalue weighted by Gasteiger charge is 2.35. The summed E-state index contributed by atoms with van der Waals surface area (Å²) in [7, 11) is 0. The molecule has 2 atom stereocenters. The lowest BCUT2D eigenvalue weighted by Crippen LogP contribution is -2.28. The number of benzene rings is 2. The van der Waals surface area contributed by atoms with E-state index < -0.39 is 12.0 Å². The van der Waals surface area contributed by atoms with E-state index in [-0.39, 0.29) is 11.8 Å². The summed E-state index contributed by atoms with van der Waals surface area (Å²) in [6.45, 7) is 1.01. The molecule has 1 fully saturated rings. The molecule has 4 rings (SSSR count). The second kappa shape index (κ2) is 7.31. The number of hydrogen-bond acceptors (Lipinski definition) is 3. The maximum Gasteiger partial charge on any atom is 0.407 e. The van der Waals surface area contributed by atoms with Crippen LogP contribution in [0.5, 0.6) is 0 Å². The first-order chi connectivity index (χ1) is 13.5. The minimum atomic E-state index is -0.883. The van der Waals surface area contributed by atoms with Crippen LogP contribution in [-0.2, 0) is 0 Å². The van der Waals surface area contributed by atoms with Crippen molar-refractivity contribution in [2.24, 2.45) is 11.7 Å². The van der Waals surface area contributed by atoms with Crippen LogP contribution in [0.3, 0.4) is 0 Å². The predicted octanol–water partition coefficient (Wildman–Crippen LogP) is 3.47. The lowest BCUT2D eigenvalue weighted by molar-refractivity contribution is 0.100. The van der Waals surface area contributed by atoms with Gasteiger partial charge in [0.25, 0.3) is 0 Å². The molecule has 2 heterocycles. The fourth-order valence-corrected chi connectivity index (χ4v) is 4.15. The highest BCUT2D eigenvalue weighted by Crippen LogP contribution is 2.39. The van der Waals surface area contributed by atoms with Crippen molar-refractivity contribution < 1.29 is 14.7 Å². The molecule has 1 saturated heterocycles. The van der Waals surface area contributed by atoms with Gasteiger partial charge in [-0.1, -0.05) is 36.4 Å². The molecule has 0 saturated carbocycles. The van der Waals surface area contributed by atoms with Gasteiger partial charge in [-0.25, -0.2) is 4.79 Å². The highest BCUT2D eigenvalue weighted by atomic mass is 16.4. The largest absolute Gasteiger partial charge is 0.465 e. The maximum absolute atomic E-state index is 11.5. The summed E-state index contributed by atoms with van der Waals surface area (Å²) < 4.78 is 0. The van der Waals surface area contributed by atoms with Gasteiger partial charge < -0.3 is 15.7 Å². The number of carbonyl (C=O) groups excluding carboxylic acids is 1. The fourth-order valence-electron chi connectivity index (χ4n) is 4.15. The van der Waals surface area contributed by atoms with Crippen molar-refractivity contribution in [2.75, 3.05) is 13.1 Å². The molecule has 0 radical (unpaired) electrons. The van der Waals surface area contributed by atoms with Crippen molar-refractivity contribution in [1.82, 2.24) is 9.88 Å². The zero-order chi connectivity index (χ0) is 19.7. The Kier molecular flexibility index (Phi) is 4.69. The minimum absolute atomic E-state index is 0.0336. The zero-order valence-corrected chi connectivity index (χ0v) is 15.3. The molecule has 1 aliphatic rings. The lowest BCUT2D eigenvalue weighted by Gasteiger charge is -2.25. The Morgan fingerprint density at radius 2 is 1.93 bits per heavy atom. The van der Waals surface area contributed by atoms with E-state index >= 15 is 0 Å². The first kappa shape index (κ1) is 18.0. The number of carboxylic acid groups (broad SMARTS) is 1. The Bertz CT molecular complexity index is 1040. The number of fused-ring (bicyclic) bond motifs is 1. The molecule has 0 spiro atoms. The average molecular weight is 375 g/mol. The molecule has 6 heteroatoms. The van der Waals surface area contributed by atoms with Gasteiger partial charge in [0.05, 0.1) is 5.69 Å². The van der Waals surface area contributed by atoms with Crippen LogP contribution in [0.1, 0.15) is 34.0 Å². The van der Waals surface area contributed by atoms with Crippen molar-refractivity contribution in [3.8, 4) is 0 Å². The van der Waals surface area contributed by atoms with Crippen LogP contribution in [-0.4, -0.2) is 40.1 Å². The number of pyridine rings is 1. The summed E-state index contributed by atoms with van der Waals surface area (Å²) in [5, 5.41) is 11.2. The van der Waals surface area contributed by atoms with Gasteiger partial charge in [-0.05, 0) is 41.5 Å². The second-order valence-corrected chi connectivity index (χ2v) is 7.16. The predicted molar refractivity (Wildman–Crippen MR) is 106 cm³/mol. The molecular formula is C22H21N3O3. The van der Waals surface area contributed by atoms with Crippen LogP contribution in [0.25, 0.3) is 10.8 Å². The summed E-state index contributed by atoms with van der Waals surface area (Å²) in [6.07, 6.45) is 1.64. The number of primary amides is 1. The number of carbonyl (C=O) groups is 2. The quantitative estimate of drug-likeness (QED) is 0.730. The molecule has 1 aliphatic heterocycles. The van der Waals surface area contributed by atoms with Crippen LogP contribution < -0.4 is 5.73 Å². The number of amides is 2. The third-order valence-corrected chi connectivity index (χ3v) is 5.50. The van der Waals surface area contributed by atoms with E-state index in [4.69, 9.17) is 10.7 Å². The third kappa shape index (κ3) is 3.29. The fraction of sp³-hybridized carbons (Fsp3) is 0.227. The number of aromatic nitrogens is 1. The molecule has 0 aliphatic carbocycles. The number of rotatable bonds is 4. The van der Waals surface area contributed by atoms with Crippen molar-refractivity contribution in [1.29, 1.82) is 0 Å². The SMILES string of the molecule is NC(=O)c1ccc2c(C(c3ccccc3)[C@H]3CCN(C(=O)O)C3)nccc2c1. The monoisotopic (exact) mass is 375 g/mol. The van der Waals surface area contributed by atoms with Gasteiger partial charge in [0.1, 0.15) is 0 Å². The molecule has 1 unspecified atom stereocenters. The summed E-state index contributed by atoms with van der Waals surface area (Å²) >= 11 is 0. The topological polar surface area (TPSA) is 96.5 Å². The normalized spacial score (nSPS) is 17.6. The van der Waals surface area contributed by atoms with Crippen LogP contribution >= 0.6 is 0 Å². The smallest absolute Gasteiger partial charge is 0.407 e. The van der Waals surface area contributed by atoms with Crippen LogP contribution in [0.15, 0.2) is 60.8 Å². The Morgan fingerprint density at radius 1 is 1.14 bits per heavy atom. The van der Waals surface area contributed by atoms with E-state index in [1.54, 1.807) is 18.3 Å². The number of nitrogens with zero attached hydrogens (tertiary/aromatic N) is 2. The van der Waals surface area contributed by atoms with Gasteiger partial charge in [0.15, 0.2) is 0 Å². The summed E-state index contributed by atoms with van der Waals surface area (Å²) in [6, 6.07) is 17.3. The Balaban J connectivity index is 1.83. The molecule has 142 valence electrons. The molecule has 6 nitrogen and oxygen atoms in total. The lowest BCUT2D eigenvalue weighted by atomic mass is 9.81. The van der Waals surface area contributed by atoms with E-state index in [0.29, 0.717) is 18.7 Å². The molecule has 2 aromatic carbocycles. The van der Waals surface area contributed by atoms with Crippen LogP contribution in [0.2, 0.25) is 0 Å². The molecule has 28 heavy (non-hydrogen) atoms. The van der Waals surface area contributed by atoms with Crippen LogP contribution in [0.4, 0.5) is 4.79 Å². The molecule has 0 bridgehead atoms. The highest BCUT2D eigenvalue weighted by molar-refractivity contribution is 5.98. The standard InChI is InChI=1S/C22H21N3O3/c23-21(26)16-6-7-18-15(12-16)8-10-24-20(18)19(14-4-2-1-3-5-14)17-9-11-25(13-17)22(27)28/h1-8,10,12,17,19H,9,11,13H2,(H2,23,26)(H,27,28)/t17-,19?/m0/s1. The number of nitrogens with two attached hydrogens (primary N) is 1. The molecule has 1 aromatic heterocycles. The van der Waals surface area contributed by atoms with E-state index in [2.05, 4.69) is 12.1 Å². The maximum atomic E-state index is 11.5. The van der Waals surface area contributed by atoms with E-state index in [0.717, 1.165) is 28.5 Å². The van der Waals surface area contributed by atoms with E-state index in [1.165, 1.54) is 4.90 Å². The summed E-state index contributed by atoms with van der Waals surface area (Å²) in [5.74, 6) is -0.367. The third-order valence-electron chi connectivity index (χ3n) is 5.50. The molecule has 3 N–H and O–H groups in total. The Hall–Kier alpha value is -3.41. The first-order valence-electron chi connectivity index (χ1n) is 9.26. The molecule has 2 amide bonds. The Labute approximate surface area is 162 Å². The number of hydrogen-bond donors (Lipinski definition) is 2. The van der Waals surface area contributed by atoms with Crippen molar-refractivity contribution in [2.45, 2.75) is 12.3 Å². The second-order valence-electron chi connectivity index (χ2n) is 7.16. The average Bonchev–Trinajstić information content (AvgIpc) is 3.19. The first-order valence-corrected chi connectivity index (χ1v) is 9.26. The van der Waals surface area contributed by atoms with Crippen molar-refractivity contribution in [3.63, 3.8) is 0 Å². The zero-order valence-electron chi connectivity index (χ0n) is 15.3. The van der Waals surface area contributed by atoms with Crippen molar-refractivity contribution in [3.05, 3.63) is 77.6 Å². The van der Waals surface area contributed by atoms with Gasteiger partial charge in [-0.15, -0.1) is 0 Å². The van der Waals surface area contributed by atoms with Gasteiger partial charge in [-0.3, -0.25) is 9.78 Å². The van der Waals surface area contributed by atoms with Crippen molar-refractivity contribution >= 4 is 22.8 Å². The van der Waals surface area contributed by atoms with Gasteiger partial charge >= 0.3 is 6.09 Å². The van der Waals surface area contributed by atoms with Gasteiger partial charge in [0, 0.05) is 36.2 Å².